The molecular formula is C18H23N3OS. The molecule has 2 saturated heterocycles. The van der Waals surface area contributed by atoms with Crippen LogP contribution >= 0.6 is 0 Å². The molecule has 2 aromatic rings. The van der Waals surface area contributed by atoms with Crippen LogP contribution < -0.4 is 4.90 Å². The lowest BCUT2D eigenvalue weighted by molar-refractivity contribution is 0.331. The largest absolute Gasteiger partial charge is 0.355 e. The van der Waals surface area contributed by atoms with Crippen LogP contribution in [0.2, 0.25) is 0 Å². The molecule has 0 atom stereocenters. The van der Waals surface area contributed by atoms with Crippen molar-refractivity contribution < 1.29 is 4.21 Å². The molecule has 2 fully saturated rings. The van der Waals surface area contributed by atoms with Crippen molar-refractivity contribution in [3.8, 4) is 0 Å². The summed E-state index contributed by atoms with van der Waals surface area (Å²) in [6.45, 7) is 5.20. The molecular weight excluding hydrogens is 306 g/mol. The number of hydrogen-bond donors (Lipinski definition) is 0. The van der Waals surface area contributed by atoms with E-state index in [0.717, 1.165) is 42.5 Å². The third-order valence-electron chi connectivity index (χ3n) is 4.85. The summed E-state index contributed by atoms with van der Waals surface area (Å²) in [5, 5.41) is 1.21. The fraction of sp³-hybridized carbons (Fsp3) is 0.500. The van der Waals surface area contributed by atoms with E-state index >= 15 is 0 Å². The van der Waals surface area contributed by atoms with Gasteiger partial charge in [0.05, 0.1) is 5.52 Å². The zero-order chi connectivity index (χ0) is 15.6. The molecule has 1 aromatic carbocycles. The maximum absolute atomic E-state index is 11.5. The number of benzene rings is 1. The number of hydrogen-bond acceptors (Lipinski definition) is 4. The number of nitrogens with zero attached hydrogens (tertiary/aromatic N) is 3. The Morgan fingerprint density at radius 1 is 1.00 bits per heavy atom. The molecule has 122 valence electrons. The average molecular weight is 329 g/mol. The van der Waals surface area contributed by atoms with Gasteiger partial charge in [0.25, 0.3) is 0 Å². The zero-order valence-electron chi connectivity index (χ0n) is 13.4. The lowest BCUT2D eigenvalue weighted by Gasteiger charge is -2.27. The first kappa shape index (κ1) is 15.1. The Morgan fingerprint density at radius 2 is 1.78 bits per heavy atom. The Bertz CT molecular complexity index is 717. The Labute approximate surface area is 139 Å². The van der Waals surface area contributed by atoms with E-state index in [4.69, 9.17) is 4.98 Å². The van der Waals surface area contributed by atoms with Gasteiger partial charge in [-0.15, -0.1) is 0 Å². The second kappa shape index (κ2) is 6.57. The van der Waals surface area contributed by atoms with E-state index in [9.17, 15) is 4.21 Å². The predicted octanol–water partition coefficient (Wildman–Crippen LogP) is 2.40. The van der Waals surface area contributed by atoms with Gasteiger partial charge < -0.3 is 4.90 Å². The number of anilines is 1. The first-order chi connectivity index (χ1) is 11.3. The van der Waals surface area contributed by atoms with Crippen LogP contribution in [0.25, 0.3) is 10.9 Å². The maximum atomic E-state index is 11.5. The number of rotatable bonds is 3. The highest BCUT2D eigenvalue weighted by molar-refractivity contribution is 7.85. The molecule has 0 unspecified atom stereocenters. The molecule has 4 rings (SSSR count). The first-order valence-electron chi connectivity index (χ1n) is 8.50. The summed E-state index contributed by atoms with van der Waals surface area (Å²) < 4.78 is 11.5. The number of likely N-dealkylation sites (tertiary alicyclic amines) is 1. The van der Waals surface area contributed by atoms with Crippen LogP contribution in [-0.4, -0.2) is 51.8 Å². The van der Waals surface area contributed by atoms with Gasteiger partial charge in [0.15, 0.2) is 0 Å². The molecule has 0 saturated carbocycles. The maximum Gasteiger partial charge on any atom is 0.129 e. The molecule has 2 aliphatic heterocycles. The van der Waals surface area contributed by atoms with Gasteiger partial charge in [-0.2, -0.15) is 0 Å². The van der Waals surface area contributed by atoms with Crippen molar-refractivity contribution in [2.24, 2.45) is 0 Å². The molecule has 3 heterocycles. The van der Waals surface area contributed by atoms with Crippen LogP contribution in [-0.2, 0) is 17.3 Å². The van der Waals surface area contributed by atoms with E-state index in [-0.39, 0.29) is 0 Å². The summed E-state index contributed by atoms with van der Waals surface area (Å²) in [5.41, 5.74) is 2.43. The van der Waals surface area contributed by atoms with Crippen molar-refractivity contribution in [2.45, 2.75) is 19.4 Å². The minimum absolute atomic E-state index is 0.642. The summed E-state index contributed by atoms with van der Waals surface area (Å²) in [6, 6.07) is 10.9. The van der Waals surface area contributed by atoms with E-state index < -0.39 is 10.8 Å². The van der Waals surface area contributed by atoms with E-state index in [1.807, 2.05) is 0 Å². The summed E-state index contributed by atoms with van der Waals surface area (Å²) in [7, 11) is -0.642. The number of pyridine rings is 1. The Morgan fingerprint density at radius 3 is 2.57 bits per heavy atom. The van der Waals surface area contributed by atoms with Gasteiger partial charge in [-0.05, 0) is 55.8 Å². The number of fused-ring (bicyclic) bond motifs is 1. The molecule has 4 nitrogen and oxygen atoms in total. The van der Waals surface area contributed by atoms with Crippen LogP contribution in [0.15, 0.2) is 30.3 Å². The van der Waals surface area contributed by atoms with Crippen molar-refractivity contribution in [3.63, 3.8) is 0 Å². The summed E-state index contributed by atoms with van der Waals surface area (Å²) in [6.07, 6.45) is 2.66. The lowest BCUT2D eigenvalue weighted by Crippen LogP contribution is -2.38. The molecule has 23 heavy (non-hydrogen) atoms. The standard InChI is InChI=1S/C18H23N3OS/c22-23-11-9-21(10-12-23)18-6-4-16-13-15(3-5-17(16)19-18)14-20-7-1-2-8-20/h3-6,13H,1-2,7-12,14H2. The molecule has 0 aliphatic carbocycles. The van der Waals surface area contributed by atoms with Crippen molar-refractivity contribution in [1.29, 1.82) is 0 Å². The van der Waals surface area contributed by atoms with Crippen LogP contribution in [0.4, 0.5) is 5.82 Å². The van der Waals surface area contributed by atoms with E-state index in [2.05, 4.69) is 40.1 Å². The fourth-order valence-electron chi connectivity index (χ4n) is 3.50. The summed E-state index contributed by atoms with van der Waals surface area (Å²) in [5.74, 6) is 2.53. The molecule has 0 N–H and O–H groups in total. The molecule has 0 spiro atoms. The second-order valence-electron chi connectivity index (χ2n) is 6.51. The molecule has 5 heteroatoms. The molecule has 2 aliphatic rings. The Hall–Kier alpha value is -1.46. The van der Waals surface area contributed by atoms with Crippen molar-refractivity contribution >= 4 is 27.5 Å². The third kappa shape index (κ3) is 3.40. The second-order valence-corrected chi connectivity index (χ2v) is 8.21. The first-order valence-corrected chi connectivity index (χ1v) is 9.99. The van der Waals surface area contributed by atoms with E-state index in [1.165, 1.54) is 36.9 Å². The minimum atomic E-state index is -0.642. The summed E-state index contributed by atoms with van der Waals surface area (Å²) >= 11 is 0. The fourth-order valence-corrected chi connectivity index (χ4v) is 4.56. The van der Waals surface area contributed by atoms with Crippen molar-refractivity contribution in [3.05, 3.63) is 35.9 Å². The topological polar surface area (TPSA) is 36.4 Å². The monoisotopic (exact) mass is 329 g/mol. The third-order valence-corrected chi connectivity index (χ3v) is 6.12. The van der Waals surface area contributed by atoms with Gasteiger partial charge in [0.2, 0.25) is 0 Å². The van der Waals surface area contributed by atoms with Gasteiger partial charge in [-0.3, -0.25) is 9.11 Å². The zero-order valence-corrected chi connectivity index (χ0v) is 14.2. The Kier molecular flexibility index (Phi) is 4.31. The minimum Gasteiger partial charge on any atom is -0.355 e. The summed E-state index contributed by atoms with van der Waals surface area (Å²) in [4.78, 5) is 9.58. The molecule has 1 aromatic heterocycles. The SMILES string of the molecule is O=S1CCN(c2ccc3cc(CN4CCCC4)ccc3n2)CC1. The molecule has 0 bridgehead atoms. The van der Waals surface area contributed by atoms with Crippen LogP contribution in [0.5, 0.6) is 0 Å². The van der Waals surface area contributed by atoms with Crippen molar-refractivity contribution in [2.75, 3.05) is 42.6 Å². The van der Waals surface area contributed by atoms with Crippen LogP contribution in [0.1, 0.15) is 18.4 Å². The normalized spacial score (nSPS) is 20.4. The number of aromatic nitrogens is 1. The predicted molar refractivity (Wildman–Crippen MR) is 96.3 cm³/mol. The highest BCUT2D eigenvalue weighted by Gasteiger charge is 2.17. The van der Waals surface area contributed by atoms with Crippen LogP contribution in [0, 0.1) is 0 Å². The van der Waals surface area contributed by atoms with E-state index in [0.29, 0.717) is 0 Å². The van der Waals surface area contributed by atoms with Gasteiger partial charge in [-0.25, -0.2) is 4.98 Å². The smallest absolute Gasteiger partial charge is 0.129 e. The van der Waals surface area contributed by atoms with Gasteiger partial charge in [0, 0.05) is 47.3 Å². The highest BCUT2D eigenvalue weighted by Crippen LogP contribution is 2.22. The van der Waals surface area contributed by atoms with Crippen molar-refractivity contribution in [1.82, 2.24) is 9.88 Å². The van der Waals surface area contributed by atoms with E-state index in [1.54, 1.807) is 0 Å². The quantitative estimate of drug-likeness (QED) is 0.866. The van der Waals surface area contributed by atoms with Gasteiger partial charge in [0.1, 0.15) is 5.82 Å². The van der Waals surface area contributed by atoms with Crippen LogP contribution in [0.3, 0.4) is 0 Å². The Balaban J connectivity index is 1.53. The van der Waals surface area contributed by atoms with Gasteiger partial charge >= 0.3 is 0 Å². The molecule has 0 amide bonds. The lowest BCUT2D eigenvalue weighted by atomic mass is 10.1. The molecule has 0 radical (unpaired) electrons. The highest BCUT2D eigenvalue weighted by atomic mass is 32.2. The average Bonchev–Trinajstić information content (AvgIpc) is 3.08. The van der Waals surface area contributed by atoms with Gasteiger partial charge in [-0.1, -0.05) is 6.07 Å².